The minimum Gasteiger partial charge on any atom is -0.348 e. The number of rotatable bonds is 3. The molecule has 1 aromatic carbocycles. The molecule has 0 aliphatic carbocycles. The van der Waals surface area contributed by atoms with Crippen molar-refractivity contribution in [1.29, 1.82) is 5.26 Å². The molecule has 27 heavy (non-hydrogen) atoms. The van der Waals surface area contributed by atoms with Gasteiger partial charge in [-0.05, 0) is 32.0 Å². The summed E-state index contributed by atoms with van der Waals surface area (Å²) in [5, 5.41) is 16.1. The van der Waals surface area contributed by atoms with Crippen LogP contribution in [0.1, 0.15) is 31.4 Å². The Hall–Kier alpha value is -2.35. The predicted octanol–water partition coefficient (Wildman–Crippen LogP) is 4.72. The lowest BCUT2D eigenvalue weighted by atomic mass is 9.94. The van der Waals surface area contributed by atoms with Crippen LogP contribution in [-0.2, 0) is 6.18 Å². The molecule has 1 aliphatic rings. The number of hydrogen-bond acceptors (Lipinski definition) is 4. The summed E-state index contributed by atoms with van der Waals surface area (Å²) in [5.41, 5.74) is -4.16. The first kappa shape index (κ1) is 21.0. The summed E-state index contributed by atoms with van der Waals surface area (Å²) >= 11 is 5.19. The molecule has 1 heterocycles. The molecule has 1 atom stereocenters. The summed E-state index contributed by atoms with van der Waals surface area (Å²) in [4.78, 5) is -0.106. The number of anilines is 1. The smallest absolute Gasteiger partial charge is 0.348 e. The van der Waals surface area contributed by atoms with Gasteiger partial charge in [-0.2, -0.15) is 36.7 Å². The van der Waals surface area contributed by atoms with Crippen LogP contribution in [0, 0.1) is 11.3 Å². The number of nitrogens with one attached hydrogen (secondary N) is 1. The average Bonchev–Trinajstić information content (AvgIpc) is 2.92. The molecular weight excluding hydrogens is 394 g/mol. The quantitative estimate of drug-likeness (QED) is 0.581. The van der Waals surface area contributed by atoms with Gasteiger partial charge in [0, 0.05) is 18.7 Å². The predicted molar refractivity (Wildman–Crippen MR) is 91.3 cm³/mol. The van der Waals surface area contributed by atoms with Crippen molar-refractivity contribution < 1.29 is 26.3 Å². The third-order valence-corrected chi connectivity index (χ3v) is 4.68. The number of alkyl halides is 6. The fourth-order valence-electron chi connectivity index (χ4n) is 2.70. The highest BCUT2D eigenvalue weighted by Gasteiger charge is 2.50. The van der Waals surface area contributed by atoms with Gasteiger partial charge in [0.05, 0.1) is 17.2 Å². The molecule has 0 fully saturated rings. The van der Waals surface area contributed by atoms with Gasteiger partial charge in [-0.3, -0.25) is 5.01 Å². The monoisotopic (exact) mass is 408 g/mol. The molecule has 2 rings (SSSR count). The minimum atomic E-state index is -4.76. The summed E-state index contributed by atoms with van der Waals surface area (Å²) in [5.74, 6) is 0. The van der Waals surface area contributed by atoms with Gasteiger partial charge in [0.2, 0.25) is 0 Å². The number of hydrogen-bond donors (Lipinski definition) is 1. The van der Waals surface area contributed by atoms with E-state index in [4.69, 9.17) is 17.5 Å². The van der Waals surface area contributed by atoms with Gasteiger partial charge in [-0.25, -0.2) is 0 Å². The molecule has 0 unspecified atom stereocenters. The van der Waals surface area contributed by atoms with Crippen LogP contribution in [0.25, 0.3) is 0 Å². The molecule has 0 bridgehead atoms. The van der Waals surface area contributed by atoms with Crippen LogP contribution in [-0.4, -0.2) is 34.0 Å². The lowest BCUT2D eigenvalue weighted by molar-refractivity contribution is -0.137. The second-order valence-electron chi connectivity index (χ2n) is 6.03. The summed E-state index contributed by atoms with van der Waals surface area (Å²) < 4.78 is 78.2. The van der Waals surface area contributed by atoms with Crippen molar-refractivity contribution >= 4 is 28.6 Å². The zero-order valence-electron chi connectivity index (χ0n) is 14.2. The van der Waals surface area contributed by atoms with Crippen molar-refractivity contribution in [3.8, 4) is 6.07 Å². The van der Waals surface area contributed by atoms with Gasteiger partial charge in [0.25, 0.3) is 0 Å². The number of thiocarbonyl (C=S) groups is 1. The molecule has 146 valence electrons. The van der Waals surface area contributed by atoms with Crippen molar-refractivity contribution in [3.05, 3.63) is 29.3 Å². The van der Waals surface area contributed by atoms with Crippen LogP contribution in [0.4, 0.5) is 32.0 Å². The van der Waals surface area contributed by atoms with E-state index < -0.39 is 41.2 Å². The molecule has 0 saturated carbocycles. The molecule has 0 saturated heterocycles. The highest BCUT2D eigenvalue weighted by Crippen LogP contribution is 2.37. The van der Waals surface area contributed by atoms with E-state index in [9.17, 15) is 26.3 Å². The largest absolute Gasteiger partial charge is 0.431 e. The maximum absolute atomic E-state index is 13.1. The normalized spacial score (nSPS) is 20.3. The lowest BCUT2D eigenvalue weighted by Gasteiger charge is -2.34. The SMILES string of the molecule is CCN1N=C(C(F)(F)F)C[C@@]1(C)C(=S)Nc1ccc(C#N)c(C(F)(F)F)c1. The molecule has 11 heteroatoms. The average molecular weight is 408 g/mol. The van der Waals surface area contributed by atoms with E-state index in [0.29, 0.717) is 6.07 Å². The highest BCUT2D eigenvalue weighted by molar-refractivity contribution is 7.80. The van der Waals surface area contributed by atoms with Gasteiger partial charge in [-0.15, -0.1) is 0 Å². The highest BCUT2D eigenvalue weighted by atomic mass is 32.1. The molecule has 0 spiro atoms. The van der Waals surface area contributed by atoms with Crippen LogP contribution in [0.3, 0.4) is 0 Å². The Morgan fingerprint density at radius 1 is 1.30 bits per heavy atom. The second kappa shape index (κ2) is 6.99. The number of likely N-dealkylation sites (N-methyl/N-ethyl adjacent to an activating group) is 1. The van der Waals surface area contributed by atoms with Crippen LogP contribution in [0.2, 0.25) is 0 Å². The van der Waals surface area contributed by atoms with E-state index in [0.717, 1.165) is 11.1 Å². The molecule has 1 N–H and O–H groups in total. The Balaban J connectivity index is 2.31. The van der Waals surface area contributed by atoms with Gasteiger partial charge in [0.1, 0.15) is 16.2 Å². The molecule has 1 aromatic rings. The topological polar surface area (TPSA) is 51.4 Å². The zero-order chi connectivity index (χ0) is 20.6. The van der Waals surface area contributed by atoms with E-state index in [-0.39, 0.29) is 17.2 Å². The molecule has 4 nitrogen and oxygen atoms in total. The number of nitriles is 1. The van der Waals surface area contributed by atoms with E-state index in [1.54, 1.807) is 6.92 Å². The van der Waals surface area contributed by atoms with E-state index in [1.165, 1.54) is 19.1 Å². The van der Waals surface area contributed by atoms with Crippen LogP contribution in [0.15, 0.2) is 23.3 Å². The zero-order valence-corrected chi connectivity index (χ0v) is 15.0. The summed E-state index contributed by atoms with van der Waals surface area (Å²) in [6.07, 6.45) is -9.92. The third kappa shape index (κ3) is 4.16. The Morgan fingerprint density at radius 2 is 1.93 bits per heavy atom. The van der Waals surface area contributed by atoms with E-state index >= 15 is 0 Å². The first-order valence-electron chi connectivity index (χ1n) is 7.68. The van der Waals surface area contributed by atoms with Gasteiger partial charge in [0.15, 0.2) is 0 Å². The molecule has 1 aliphatic heterocycles. The molecule has 0 aromatic heterocycles. The van der Waals surface area contributed by atoms with Crippen LogP contribution >= 0.6 is 12.2 Å². The van der Waals surface area contributed by atoms with Crippen molar-refractivity contribution in [2.75, 3.05) is 11.9 Å². The Bertz CT molecular complexity index is 824. The number of halogens is 6. The van der Waals surface area contributed by atoms with Crippen molar-refractivity contribution in [3.63, 3.8) is 0 Å². The molecule has 0 amide bonds. The standard InChI is InChI=1S/C16H14F6N4S/c1-3-26-14(2,7-12(25-26)16(20,21)22)13(27)24-10-5-4-9(8-23)11(6-10)15(17,18)19/h4-6H,3,7H2,1-2H3,(H,24,27)/t14-/m0/s1. The molecular formula is C16H14F6N4S. The second-order valence-corrected chi connectivity index (χ2v) is 6.44. The number of benzene rings is 1. The van der Waals surface area contributed by atoms with Gasteiger partial charge >= 0.3 is 12.4 Å². The van der Waals surface area contributed by atoms with Crippen molar-refractivity contribution in [1.82, 2.24) is 5.01 Å². The Kier molecular flexibility index (Phi) is 5.43. The maximum Gasteiger partial charge on any atom is 0.431 e. The fourth-order valence-corrected chi connectivity index (χ4v) is 3.00. The number of hydrazone groups is 1. The fraction of sp³-hybridized carbons (Fsp3) is 0.438. The van der Waals surface area contributed by atoms with Crippen LogP contribution in [0.5, 0.6) is 0 Å². The summed E-state index contributed by atoms with van der Waals surface area (Å²) in [7, 11) is 0. The van der Waals surface area contributed by atoms with E-state index in [2.05, 4.69) is 10.4 Å². The summed E-state index contributed by atoms with van der Waals surface area (Å²) in [6, 6.07) is 4.33. The summed E-state index contributed by atoms with van der Waals surface area (Å²) in [6.45, 7) is 3.15. The third-order valence-electron chi connectivity index (χ3n) is 4.14. The molecule has 0 radical (unpaired) electrons. The Morgan fingerprint density at radius 3 is 2.41 bits per heavy atom. The van der Waals surface area contributed by atoms with Crippen molar-refractivity contribution in [2.45, 2.75) is 38.2 Å². The van der Waals surface area contributed by atoms with Gasteiger partial charge in [-0.1, -0.05) is 12.2 Å². The van der Waals surface area contributed by atoms with Crippen molar-refractivity contribution in [2.24, 2.45) is 5.10 Å². The Labute approximate surface area is 156 Å². The maximum atomic E-state index is 13.1. The first-order chi connectivity index (χ1) is 12.3. The van der Waals surface area contributed by atoms with Crippen LogP contribution < -0.4 is 5.32 Å². The van der Waals surface area contributed by atoms with E-state index in [1.807, 2.05) is 0 Å². The first-order valence-corrected chi connectivity index (χ1v) is 8.09. The minimum absolute atomic E-state index is 0.0796. The van der Waals surface area contributed by atoms with Gasteiger partial charge < -0.3 is 5.32 Å². The number of nitrogens with zero attached hydrogens (tertiary/aromatic N) is 3. The lowest BCUT2D eigenvalue weighted by Crippen LogP contribution is -2.49.